The molecule has 5 heteroatoms. The van der Waals surface area contributed by atoms with Gasteiger partial charge in [0.25, 0.3) is 0 Å². The van der Waals surface area contributed by atoms with Crippen molar-refractivity contribution in [2.24, 2.45) is 0 Å². The fraction of sp³-hybridized carbons (Fsp3) is 1.00. The molecule has 0 heterocycles. The van der Waals surface area contributed by atoms with Gasteiger partial charge in [-0.2, -0.15) is 0 Å². The van der Waals surface area contributed by atoms with Crippen molar-refractivity contribution < 1.29 is 14.7 Å². The van der Waals surface area contributed by atoms with Crippen LogP contribution in [0.1, 0.15) is 0 Å². The molecule has 0 fully saturated rings. The fourth-order valence-electron chi connectivity index (χ4n) is 0.150. The number of halogens is 1. The summed E-state index contributed by atoms with van der Waals surface area (Å²) in [6, 6.07) is 0. The van der Waals surface area contributed by atoms with Crippen molar-refractivity contribution in [3.05, 3.63) is 0 Å². The summed E-state index contributed by atoms with van der Waals surface area (Å²) in [5.41, 5.74) is 0. The second-order valence-electron chi connectivity index (χ2n) is 0.886. The normalized spacial score (nSPS) is 9.00. The van der Waals surface area contributed by atoms with E-state index in [2.05, 4.69) is 20.6 Å². The minimum absolute atomic E-state index is 0.317. The van der Waals surface area contributed by atoms with E-state index in [1.807, 2.05) is 0 Å². The molecule has 0 aromatic carbocycles. The van der Waals surface area contributed by atoms with Gasteiger partial charge in [0.2, 0.25) is 0 Å². The highest BCUT2D eigenvalue weighted by atomic mass is 79.9. The topological polar surface area (TPSA) is 49.7 Å². The first-order chi connectivity index (χ1) is 3.27. The molecule has 0 spiro atoms. The summed E-state index contributed by atoms with van der Waals surface area (Å²) in [6.45, 7) is 0.317. The molecule has 0 aliphatic rings. The maximum absolute atomic E-state index is 8.00. The maximum Gasteiger partial charge on any atom is 0.633 e. The Labute approximate surface area is 50.6 Å². The van der Waals surface area contributed by atoms with Crippen molar-refractivity contribution in [1.29, 1.82) is 0 Å². The summed E-state index contributed by atoms with van der Waals surface area (Å²) < 4.78 is 4.26. The Kier molecular flexibility index (Phi) is 4.86. The molecule has 0 atom stereocenters. The Morgan fingerprint density at radius 2 is 2.14 bits per heavy atom. The number of alkyl halides is 1. The molecule has 42 valence electrons. The molecule has 0 aromatic rings. The van der Waals surface area contributed by atoms with E-state index < -0.39 is 7.32 Å². The molecule has 2 N–H and O–H groups in total. The largest absolute Gasteiger partial charge is 0.633 e. The van der Waals surface area contributed by atoms with Crippen molar-refractivity contribution in [2.45, 2.75) is 0 Å². The van der Waals surface area contributed by atoms with Crippen LogP contribution in [0.4, 0.5) is 0 Å². The van der Waals surface area contributed by atoms with Gasteiger partial charge >= 0.3 is 7.32 Å². The van der Waals surface area contributed by atoms with Gasteiger partial charge in [-0.25, -0.2) is 0 Å². The second kappa shape index (κ2) is 4.58. The van der Waals surface area contributed by atoms with E-state index in [1.165, 1.54) is 0 Å². The number of hydrogen-bond donors (Lipinski definition) is 2. The van der Waals surface area contributed by atoms with Gasteiger partial charge in [-0.05, 0) is 0 Å². The van der Waals surface area contributed by atoms with E-state index >= 15 is 0 Å². The lowest BCUT2D eigenvalue weighted by Crippen LogP contribution is -2.17. The third-order valence-electron chi connectivity index (χ3n) is 0.344. The van der Waals surface area contributed by atoms with Crippen LogP contribution in [-0.4, -0.2) is 29.3 Å². The summed E-state index contributed by atoms with van der Waals surface area (Å²) >= 11 is 3.03. The standard InChI is InChI=1S/C2H6BBrO3/c4-1-2-7-3(5)6/h5-6H,1-2H2. The minimum atomic E-state index is -1.63. The van der Waals surface area contributed by atoms with Crippen LogP contribution in [0.5, 0.6) is 0 Å². The van der Waals surface area contributed by atoms with Crippen LogP contribution in [0.15, 0.2) is 0 Å². The van der Waals surface area contributed by atoms with Crippen LogP contribution < -0.4 is 0 Å². The molecular formula is C2H6BBrO3. The zero-order chi connectivity index (χ0) is 5.70. The van der Waals surface area contributed by atoms with E-state index in [0.29, 0.717) is 11.9 Å². The van der Waals surface area contributed by atoms with Gasteiger partial charge in [0.05, 0.1) is 0 Å². The molecule has 0 saturated heterocycles. The smallest absolute Gasteiger partial charge is 0.402 e. The highest BCUT2D eigenvalue weighted by Gasteiger charge is 2.05. The molecule has 0 bridgehead atoms. The predicted octanol–water partition coefficient (Wildman–Crippen LogP) is -0.633. The molecule has 0 unspecified atom stereocenters. The van der Waals surface area contributed by atoms with E-state index in [-0.39, 0.29) is 0 Å². The SMILES string of the molecule is OB(O)OCCBr. The van der Waals surface area contributed by atoms with Crippen molar-refractivity contribution in [3.63, 3.8) is 0 Å². The highest BCUT2D eigenvalue weighted by Crippen LogP contribution is 1.80. The molecule has 0 radical (unpaired) electrons. The third kappa shape index (κ3) is 6.42. The summed E-state index contributed by atoms with van der Waals surface area (Å²) in [5, 5.41) is 16.6. The molecule has 3 nitrogen and oxygen atoms in total. The first kappa shape index (κ1) is 7.42. The van der Waals surface area contributed by atoms with E-state index in [4.69, 9.17) is 10.0 Å². The molecule has 0 saturated carbocycles. The van der Waals surface area contributed by atoms with Gasteiger partial charge < -0.3 is 14.7 Å². The van der Waals surface area contributed by atoms with Crippen LogP contribution in [0.3, 0.4) is 0 Å². The lowest BCUT2D eigenvalue weighted by Gasteiger charge is -1.94. The Morgan fingerprint density at radius 3 is 2.29 bits per heavy atom. The van der Waals surface area contributed by atoms with Crippen molar-refractivity contribution in [1.82, 2.24) is 0 Å². The number of hydrogen-bond acceptors (Lipinski definition) is 3. The Morgan fingerprint density at radius 1 is 1.57 bits per heavy atom. The predicted molar refractivity (Wildman–Crippen MR) is 29.9 cm³/mol. The maximum atomic E-state index is 8.00. The average molecular weight is 169 g/mol. The van der Waals surface area contributed by atoms with Gasteiger partial charge in [0.1, 0.15) is 0 Å². The summed E-state index contributed by atoms with van der Waals surface area (Å²) in [6.07, 6.45) is 0. The molecule has 0 rings (SSSR count). The zero-order valence-electron chi connectivity index (χ0n) is 3.67. The van der Waals surface area contributed by atoms with Gasteiger partial charge in [-0.1, -0.05) is 15.9 Å². The van der Waals surface area contributed by atoms with Gasteiger partial charge in [0.15, 0.2) is 0 Å². The van der Waals surface area contributed by atoms with Gasteiger partial charge in [-0.3, -0.25) is 0 Å². The average Bonchev–Trinajstić information content (AvgIpc) is 1.61. The number of rotatable bonds is 3. The van der Waals surface area contributed by atoms with Crippen molar-refractivity contribution >= 4 is 23.3 Å². The van der Waals surface area contributed by atoms with Crippen LogP contribution in [0, 0.1) is 0 Å². The first-order valence-electron chi connectivity index (χ1n) is 1.81. The summed E-state index contributed by atoms with van der Waals surface area (Å²) in [4.78, 5) is 0. The molecule has 0 aromatic heterocycles. The lowest BCUT2D eigenvalue weighted by atomic mass is 10.3. The first-order valence-corrected chi connectivity index (χ1v) is 2.93. The zero-order valence-corrected chi connectivity index (χ0v) is 5.26. The van der Waals surface area contributed by atoms with Crippen LogP contribution in [0.2, 0.25) is 0 Å². The van der Waals surface area contributed by atoms with Crippen LogP contribution >= 0.6 is 15.9 Å². The van der Waals surface area contributed by atoms with Crippen LogP contribution in [0.25, 0.3) is 0 Å². The van der Waals surface area contributed by atoms with Gasteiger partial charge in [-0.15, -0.1) is 0 Å². The lowest BCUT2D eigenvalue weighted by molar-refractivity contribution is 0.198. The van der Waals surface area contributed by atoms with E-state index in [9.17, 15) is 0 Å². The monoisotopic (exact) mass is 168 g/mol. The minimum Gasteiger partial charge on any atom is -0.402 e. The van der Waals surface area contributed by atoms with Crippen LogP contribution in [-0.2, 0) is 4.65 Å². The molecule has 0 amide bonds. The highest BCUT2D eigenvalue weighted by molar-refractivity contribution is 9.09. The third-order valence-corrected chi connectivity index (χ3v) is 0.668. The second-order valence-corrected chi connectivity index (χ2v) is 1.68. The molecule has 0 aliphatic carbocycles. The Balaban J connectivity index is 2.68. The van der Waals surface area contributed by atoms with Crippen molar-refractivity contribution in [3.8, 4) is 0 Å². The van der Waals surface area contributed by atoms with Crippen molar-refractivity contribution in [2.75, 3.05) is 11.9 Å². The van der Waals surface area contributed by atoms with E-state index in [0.717, 1.165) is 0 Å². The molecule has 7 heavy (non-hydrogen) atoms. The Hall–Kier alpha value is 0.425. The fourth-order valence-corrected chi connectivity index (χ4v) is 0.337. The summed E-state index contributed by atoms with van der Waals surface area (Å²) in [7, 11) is -1.63. The van der Waals surface area contributed by atoms with Gasteiger partial charge in [0, 0.05) is 11.9 Å². The van der Waals surface area contributed by atoms with E-state index in [1.54, 1.807) is 0 Å². The molecule has 0 aliphatic heterocycles. The quantitative estimate of drug-likeness (QED) is 0.436. The Bertz CT molecular complexity index is 41.9. The molecular weight excluding hydrogens is 163 g/mol. The summed E-state index contributed by atoms with van der Waals surface area (Å²) in [5.74, 6) is 0.